The van der Waals surface area contributed by atoms with E-state index in [1.165, 1.54) is 6.07 Å². The predicted molar refractivity (Wildman–Crippen MR) is 114 cm³/mol. The number of ether oxygens (including phenoxy) is 2. The van der Waals surface area contributed by atoms with Crippen LogP contribution in [0, 0.1) is 13.8 Å². The van der Waals surface area contributed by atoms with Gasteiger partial charge < -0.3 is 14.8 Å². The van der Waals surface area contributed by atoms with Crippen molar-refractivity contribution >= 4 is 27.3 Å². The van der Waals surface area contributed by atoms with Gasteiger partial charge in [0.25, 0.3) is 15.9 Å². The van der Waals surface area contributed by atoms with Crippen molar-refractivity contribution in [2.24, 2.45) is 0 Å². The number of hydrogen-bond donors (Lipinski definition) is 2. The Balaban J connectivity index is 1.58. The van der Waals surface area contributed by atoms with Crippen molar-refractivity contribution in [3.63, 3.8) is 0 Å². The molecule has 0 atom stereocenters. The van der Waals surface area contributed by atoms with E-state index in [-0.39, 0.29) is 17.3 Å². The zero-order valence-corrected chi connectivity index (χ0v) is 17.2. The van der Waals surface area contributed by atoms with Crippen molar-refractivity contribution in [2.45, 2.75) is 18.7 Å². The van der Waals surface area contributed by atoms with Gasteiger partial charge in [0.15, 0.2) is 11.5 Å². The number of fused-ring (bicyclic) bond motifs is 1. The molecule has 0 bridgehead atoms. The number of sulfonamides is 1. The van der Waals surface area contributed by atoms with Gasteiger partial charge in [-0.3, -0.25) is 9.52 Å². The number of aryl methyl sites for hydroxylation is 2. The van der Waals surface area contributed by atoms with Crippen molar-refractivity contribution < 1.29 is 22.7 Å². The van der Waals surface area contributed by atoms with E-state index >= 15 is 0 Å². The SMILES string of the molecule is Cc1cccc(NS(=O)(=O)c2cc(C(=O)Nc3ccc4c(c3)OCO4)ccc2C)c1. The van der Waals surface area contributed by atoms with E-state index in [9.17, 15) is 13.2 Å². The minimum Gasteiger partial charge on any atom is -0.454 e. The Morgan fingerprint density at radius 3 is 2.50 bits per heavy atom. The van der Waals surface area contributed by atoms with Gasteiger partial charge in [0.1, 0.15) is 0 Å². The number of hydrogen-bond acceptors (Lipinski definition) is 5. The monoisotopic (exact) mass is 424 g/mol. The Morgan fingerprint density at radius 2 is 1.70 bits per heavy atom. The molecular weight excluding hydrogens is 404 g/mol. The zero-order chi connectivity index (χ0) is 21.3. The summed E-state index contributed by atoms with van der Waals surface area (Å²) in [4.78, 5) is 12.8. The van der Waals surface area contributed by atoms with Gasteiger partial charge in [-0.2, -0.15) is 0 Å². The third-order valence-corrected chi connectivity index (χ3v) is 6.16. The summed E-state index contributed by atoms with van der Waals surface area (Å²) in [6, 6.07) is 16.7. The molecule has 3 aromatic rings. The van der Waals surface area contributed by atoms with Crippen molar-refractivity contribution in [3.05, 3.63) is 77.4 Å². The summed E-state index contributed by atoms with van der Waals surface area (Å²) in [7, 11) is -3.86. The lowest BCUT2D eigenvalue weighted by Gasteiger charge is -2.13. The number of rotatable bonds is 5. The van der Waals surface area contributed by atoms with E-state index in [4.69, 9.17) is 9.47 Å². The highest BCUT2D eigenvalue weighted by atomic mass is 32.2. The van der Waals surface area contributed by atoms with E-state index < -0.39 is 15.9 Å². The third-order valence-electron chi connectivity index (χ3n) is 4.64. The molecule has 30 heavy (non-hydrogen) atoms. The molecule has 0 aromatic heterocycles. The molecule has 2 N–H and O–H groups in total. The highest BCUT2D eigenvalue weighted by Crippen LogP contribution is 2.34. The molecule has 0 unspecified atom stereocenters. The second-order valence-electron chi connectivity index (χ2n) is 6.98. The minimum absolute atomic E-state index is 0.0438. The van der Waals surface area contributed by atoms with Crippen LogP contribution in [0.3, 0.4) is 0 Å². The Labute approximate surface area is 174 Å². The predicted octanol–water partition coefficient (Wildman–Crippen LogP) is 4.09. The fourth-order valence-corrected chi connectivity index (χ4v) is 4.45. The van der Waals surface area contributed by atoms with Gasteiger partial charge in [-0.1, -0.05) is 18.2 Å². The molecular formula is C22H20N2O5S. The molecule has 4 rings (SSSR count). The molecule has 0 radical (unpaired) electrons. The number of nitrogens with one attached hydrogen (secondary N) is 2. The van der Waals surface area contributed by atoms with Crippen molar-refractivity contribution in [1.82, 2.24) is 0 Å². The van der Waals surface area contributed by atoms with Gasteiger partial charge in [0, 0.05) is 23.0 Å². The molecule has 154 valence electrons. The molecule has 1 aliphatic heterocycles. The van der Waals surface area contributed by atoms with Gasteiger partial charge in [-0.15, -0.1) is 0 Å². The molecule has 0 fully saturated rings. The molecule has 1 aliphatic rings. The first-order valence-corrected chi connectivity index (χ1v) is 10.7. The van der Waals surface area contributed by atoms with Crippen LogP contribution in [-0.4, -0.2) is 21.1 Å². The first-order chi connectivity index (χ1) is 14.3. The highest BCUT2D eigenvalue weighted by molar-refractivity contribution is 7.92. The standard InChI is InChI=1S/C22H20N2O5S/c1-14-4-3-5-18(10-14)24-30(26,27)21-11-16(7-6-15(21)2)22(25)23-17-8-9-19-20(12-17)29-13-28-19/h3-12,24H,13H2,1-2H3,(H,23,25). The maximum absolute atomic E-state index is 12.9. The largest absolute Gasteiger partial charge is 0.454 e. The van der Waals surface area contributed by atoms with Gasteiger partial charge in [0.2, 0.25) is 6.79 Å². The van der Waals surface area contributed by atoms with Crippen LogP contribution in [0.25, 0.3) is 0 Å². The quantitative estimate of drug-likeness (QED) is 0.644. The second-order valence-corrected chi connectivity index (χ2v) is 8.63. The summed E-state index contributed by atoms with van der Waals surface area (Å²) in [6.45, 7) is 3.70. The smallest absolute Gasteiger partial charge is 0.262 e. The summed E-state index contributed by atoms with van der Waals surface area (Å²) >= 11 is 0. The van der Waals surface area contributed by atoms with Gasteiger partial charge in [-0.05, 0) is 61.4 Å². The van der Waals surface area contributed by atoms with Gasteiger partial charge in [0.05, 0.1) is 4.90 Å². The summed E-state index contributed by atoms with van der Waals surface area (Å²) in [5.41, 5.74) is 2.68. The van der Waals surface area contributed by atoms with Crippen LogP contribution >= 0.6 is 0 Å². The number of carbonyl (C=O) groups excluding carboxylic acids is 1. The average Bonchev–Trinajstić information content (AvgIpc) is 3.15. The van der Waals surface area contributed by atoms with Crippen LogP contribution in [0.4, 0.5) is 11.4 Å². The molecule has 0 saturated heterocycles. The molecule has 7 nitrogen and oxygen atoms in total. The van der Waals surface area contributed by atoms with Crippen molar-refractivity contribution in [3.8, 4) is 11.5 Å². The van der Waals surface area contributed by atoms with Crippen LogP contribution in [0.15, 0.2) is 65.6 Å². The minimum atomic E-state index is -3.86. The maximum atomic E-state index is 12.9. The van der Waals surface area contributed by atoms with Crippen molar-refractivity contribution in [1.29, 1.82) is 0 Å². The van der Waals surface area contributed by atoms with Crippen LogP contribution < -0.4 is 19.5 Å². The van der Waals surface area contributed by atoms with E-state index in [0.717, 1.165) is 5.56 Å². The summed E-state index contributed by atoms with van der Waals surface area (Å²) in [5, 5.41) is 2.75. The normalized spacial score (nSPS) is 12.5. The molecule has 1 heterocycles. The van der Waals surface area contributed by atoms with E-state index in [2.05, 4.69) is 10.0 Å². The lowest BCUT2D eigenvalue weighted by atomic mass is 10.1. The molecule has 0 spiro atoms. The molecule has 1 amide bonds. The lowest BCUT2D eigenvalue weighted by Crippen LogP contribution is -2.17. The Morgan fingerprint density at radius 1 is 0.900 bits per heavy atom. The number of amides is 1. The Hall–Kier alpha value is -3.52. The third kappa shape index (κ3) is 4.08. The van der Waals surface area contributed by atoms with Crippen LogP contribution in [-0.2, 0) is 10.0 Å². The van der Waals surface area contributed by atoms with Crippen LogP contribution in [0.1, 0.15) is 21.5 Å². The molecule has 3 aromatic carbocycles. The second kappa shape index (κ2) is 7.72. The topological polar surface area (TPSA) is 93.7 Å². The highest BCUT2D eigenvalue weighted by Gasteiger charge is 2.20. The summed E-state index contributed by atoms with van der Waals surface area (Å²) in [6.07, 6.45) is 0. The zero-order valence-electron chi connectivity index (χ0n) is 16.4. The molecule has 0 saturated carbocycles. The average molecular weight is 424 g/mol. The number of benzene rings is 3. The maximum Gasteiger partial charge on any atom is 0.262 e. The van der Waals surface area contributed by atoms with Crippen LogP contribution in [0.2, 0.25) is 0 Å². The van der Waals surface area contributed by atoms with E-state index in [0.29, 0.717) is 28.4 Å². The Bertz CT molecular complexity index is 1240. The Kier molecular flexibility index (Phi) is 5.09. The summed E-state index contributed by atoms with van der Waals surface area (Å²) in [5.74, 6) is 0.724. The fraction of sp³-hybridized carbons (Fsp3) is 0.136. The van der Waals surface area contributed by atoms with Gasteiger partial charge >= 0.3 is 0 Å². The number of carbonyl (C=O) groups is 1. The van der Waals surface area contributed by atoms with E-state index in [1.807, 2.05) is 13.0 Å². The first-order valence-electron chi connectivity index (χ1n) is 9.23. The first kappa shape index (κ1) is 19.8. The fourth-order valence-electron chi connectivity index (χ4n) is 3.13. The molecule has 0 aliphatic carbocycles. The lowest BCUT2D eigenvalue weighted by molar-refractivity contribution is 0.102. The van der Waals surface area contributed by atoms with E-state index in [1.54, 1.807) is 55.5 Å². The molecule has 8 heteroatoms. The van der Waals surface area contributed by atoms with Crippen LogP contribution in [0.5, 0.6) is 11.5 Å². The number of anilines is 2. The van der Waals surface area contributed by atoms with Crippen molar-refractivity contribution in [2.75, 3.05) is 16.8 Å². The summed E-state index contributed by atoms with van der Waals surface area (Å²) < 4.78 is 39.0. The van der Waals surface area contributed by atoms with Gasteiger partial charge in [-0.25, -0.2) is 8.42 Å².